The Bertz CT molecular complexity index is 1050. The summed E-state index contributed by atoms with van der Waals surface area (Å²) in [5.74, 6) is 2.30. The third-order valence-electron chi connectivity index (χ3n) is 4.86. The lowest BCUT2D eigenvalue weighted by Gasteiger charge is -2.11. The fourth-order valence-corrected chi connectivity index (χ4v) is 4.10. The van der Waals surface area contributed by atoms with Crippen LogP contribution in [0.25, 0.3) is 11.4 Å². The van der Waals surface area contributed by atoms with E-state index in [0.717, 1.165) is 35.8 Å². The van der Waals surface area contributed by atoms with Crippen LogP contribution >= 0.6 is 11.8 Å². The van der Waals surface area contributed by atoms with E-state index in [4.69, 9.17) is 9.47 Å². The summed E-state index contributed by atoms with van der Waals surface area (Å²) < 4.78 is 13.4. The molecule has 0 saturated heterocycles. The van der Waals surface area contributed by atoms with E-state index in [2.05, 4.69) is 25.1 Å². The molecular formula is C21H21N5O3S. The number of anilines is 1. The lowest BCUT2D eigenvalue weighted by atomic mass is 10.2. The fraction of sp³-hybridized carbons (Fsp3) is 0.333. The number of carbonyl (C=O) groups is 1. The van der Waals surface area contributed by atoms with Crippen molar-refractivity contribution in [3.05, 3.63) is 42.7 Å². The number of carbonyl (C=O) groups excluding carboxylic acids is 1. The van der Waals surface area contributed by atoms with Gasteiger partial charge in [0.15, 0.2) is 22.5 Å². The van der Waals surface area contributed by atoms with Crippen molar-refractivity contribution in [2.45, 2.75) is 30.5 Å². The molecule has 3 aromatic rings. The number of ether oxygens (including phenoxy) is 2. The van der Waals surface area contributed by atoms with Gasteiger partial charge in [0.05, 0.1) is 19.0 Å². The molecule has 30 heavy (non-hydrogen) atoms. The first-order valence-electron chi connectivity index (χ1n) is 9.95. The van der Waals surface area contributed by atoms with Gasteiger partial charge in [-0.3, -0.25) is 14.3 Å². The van der Waals surface area contributed by atoms with Gasteiger partial charge in [0.1, 0.15) is 0 Å². The van der Waals surface area contributed by atoms with Crippen molar-refractivity contribution in [1.82, 2.24) is 19.7 Å². The highest BCUT2D eigenvalue weighted by molar-refractivity contribution is 7.99. The van der Waals surface area contributed by atoms with Crippen LogP contribution in [0.1, 0.15) is 25.3 Å². The minimum absolute atomic E-state index is 0.109. The van der Waals surface area contributed by atoms with Gasteiger partial charge in [-0.2, -0.15) is 0 Å². The average Bonchev–Trinajstić information content (AvgIpc) is 3.56. The Balaban J connectivity index is 1.26. The Morgan fingerprint density at radius 2 is 2.03 bits per heavy atom. The molecule has 154 valence electrons. The van der Waals surface area contributed by atoms with Gasteiger partial charge in [0, 0.05) is 42.2 Å². The van der Waals surface area contributed by atoms with Crippen molar-refractivity contribution in [3.63, 3.8) is 0 Å². The fourth-order valence-electron chi connectivity index (χ4n) is 3.30. The Morgan fingerprint density at radius 1 is 1.17 bits per heavy atom. The quantitative estimate of drug-likeness (QED) is 0.606. The molecule has 1 aromatic carbocycles. The predicted molar refractivity (Wildman–Crippen MR) is 113 cm³/mol. The zero-order valence-electron chi connectivity index (χ0n) is 16.3. The first-order valence-corrected chi connectivity index (χ1v) is 10.9. The lowest BCUT2D eigenvalue weighted by Crippen LogP contribution is -2.14. The van der Waals surface area contributed by atoms with Crippen LogP contribution in [0.4, 0.5) is 5.69 Å². The number of aromatic nitrogens is 4. The monoisotopic (exact) mass is 423 g/mol. The van der Waals surface area contributed by atoms with E-state index in [1.807, 2.05) is 24.3 Å². The van der Waals surface area contributed by atoms with E-state index in [9.17, 15) is 4.79 Å². The second-order valence-corrected chi connectivity index (χ2v) is 8.14. The summed E-state index contributed by atoms with van der Waals surface area (Å²) in [6.45, 7) is 1.24. The lowest BCUT2D eigenvalue weighted by molar-refractivity contribution is -0.113. The molecule has 1 saturated carbocycles. The summed E-state index contributed by atoms with van der Waals surface area (Å²) in [6.07, 6.45) is 6.56. The van der Waals surface area contributed by atoms with Crippen LogP contribution < -0.4 is 14.8 Å². The van der Waals surface area contributed by atoms with E-state index in [1.165, 1.54) is 11.8 Å². The Morgan fingerprint density at radius 3 is 2.83 bits per heavy atom. The van der Waals surface area contributed by atoms with Crippen molar-refractivity contribution in [3.8, 4) is 22.9 Å². The molecule has 0 atom stereocenters. The smallest absolute Gasteiger partial charge is 0.234 e. The van der Waals surface area contributed by atoms with E-state index < -0.39 is 0 Å². The third-order valence-corrected chi connectivity index (χ3v) is 5.80. The number of thioether (sulfide) groups is 1. The van der Waals surface area contributed by atoms with Gasteiger partial charge in [-0.05, 0) is 37.1 Å². The second kappa shape index (κ2) is 8.35. The van der Waals surface area contributed by atoms with Crippen molar-refractivity contribution < 1.29 is 14.3 Å². The maximum atomic E-state index is 12.5. The molecule has 5 rings (SSSR count). The van der Waals surface area contributed by atoms with Crippen molar-refractivity contribution in [2.75, 3.05) is 24.3 Å². The summed E-state index contributed by atoms with van der Waals surface area (Å²) in [4.78, 5) is 16.7. The molecule has 0 bridgehead atoms. The maximum Gasteiger partial charge on any atom is 0.234 e. The number of hydrogen-bond acceptors (Lipinski definition) is 7. The van der Waals surface area contributed by atoms with E-state index in [-0.39, 0.29) is 11.7 Å². The zero-order chi connectivity index (χ0) is 20.3. The van der Waals surface area contributed by atoms with Crippen LogP contribution in [-0.2, 0) is 4.79 Å². The molecule has 2 aliphatic rings. The zero-order valence-corrected chi connectivity index (χ0v) is 17.1. The van der Waals surface area contributed by atoms with Gasteiger partial charge < -0.3 is 14.8 Å². The summed E-state index contributed by atoms with van der Waals surface area (Å²) in [5, 5.41) is 12.4. The van der Waals surface area contributed by atoms with Crippen LogP contribution in [0, 0.1) is 0 Å². The van der Waals surface area contributed by atoms with Crippen LogP contribution in [0.3, 0.4) is 0 Å². The number of amides is 1. The van der Waals surface area contributed by atoms with Gasteiger partial charge in [0.2, 0.25) is 5.91 Å². The number of hydrogen-bond donors (Lipinski definition) is 1. The average molecular weight is 423 g/mol. The number of benzene rings is 1. The first-order chi connectivity index (χ1) is 14.8. The maximum absolute atomic E-state index is 12.5. The van der Waals surface area contributed by atoms with Gasteiger partial charge in [0.25, 0.3) is 0 Å². The number of fused-ring (bicyclic) bond motifs is 1. The molecule has 1 N–H and O–H groups in total. The van der Waals surface area contributed by atoms with Gasteiger partial charge >= 0.3 is 0 Å². The number of pyridine rings is 1. The molecule has 9 heteroatoms. The van der Waals surface area contributed by atoms with Crippen LogP contribution in [0.15, 0.2) is 47.9 Å². The molecule has 3 heterocycles. The number of nitrogens with one attached hydrogen (secondary N) is 1. The van der Waals surface area contributed by atoms with Crippen LogP contribution in [0.2, 0.25) is 0 Å². The van der Waals surface area contributed by atoms with Crippen LogP contribution in [0.5, 0.6) is 11.5 Å². The minimum Gasteiger partial charge on any atom is -0.490 e. The number of rotatable bonds is 6. The van der Waals surface area contributed by atoms with Crippen molar-refractivity contribution >= 4 is 23.4 Å². The van der Waals surface area contributed by atoms with Gasteiger partial charge in [-0.15, -0.1) is 10.2 Å². The molecule has 1 aliphatic carbocycles. The molecule has 1 fully saturated rings. The summed E-state index contributed by atoms with van der Waals surface area (Å²) in [5.41, 5.74) is 1.62. The molecule has 2 aromatic heterocycles. The molecule has 1 aliphatic heterocycles. The van der Waals surface area contributed by atoms with Gasteiger partial charge in [-0.1, -0.05) is 11.8 Å². The molecular weight excluding hydrogens is 402 g/mol. The van der Waals surface area contributed by atoms with Crippen molar-refractivity contribution in [2.24, 2.45) is 0 Å². The molecule has 0 spiro atoms. The highest BCUT2D eigenvalue weighted by Crippen LogP contribution is 2.41. The number of nitrogens with zero attached hydrogens (tertiary/aromatic N) is 4. The second-order valence-electron chi connectivity index (χ2n) is 7.20. The van der Waals surface area contributed by atoms with E-state index >= 15 is 0 Å². The standard InChI is InChI=1S/C21H21N5O3S/c27-19(23-15-4-7-17-18(11-15)29-10-2-9-28-17)13-30-21-25-24-20(26(21)16-5-6-16)14-3-1-8-22-12-14/h1,3-4,7-8,11-12,16H,2,5-6,9-10,13H2,(H,23,27). The SMILES string of the molecule is O=C(CSc1nnc(-c2cccnc2)n1C1CC1)Nc1ccc2c(c1)OCCCO2. The largest absolute Gasteiger partial charge is 0.490 e. The third kappa shape index (κ3) is 4.11. The summed E-state index contributed by atoms with van der Waals surface area (Å²) in [6, 6.07) is 9.70. The van der Waals surface area contributed by atoms with Crippen LogP contribution in [-0.4, -0.2) is 44.6 Å². The van der Waals surface area contributed by atoms with E-state index in [0.29, 0.717) is 36.4 Å². The molecule has 1 amide bonds. The Labute approximate surface area is 178 Å². The first kappa shape index (κ1) is 18.9. The Kier molecular flexibility index (Phi) is 5.27. The summed E-state index contributed by atoms with van der Waals surface area (Å²) in [7, 11) is 0. The molecule has 0 unspecified atom stereocenters. The predicted octanol–water partition coefficient (Wildman–Crippen LogP) is 3.57. The van der Waals surface area contributed by atoms with Gasteiger partial charge in [-0.25, -0.2) is 0 Å². The normalized spacial score (nSPS) is 15.5. The molecule has 0 radical (unpaired) electrons. The minimum atomic E-state index is -0.109. The Hall–Kier alpha value is -3.07. The highest BCUT2D eigenvalue weighted by Gasteiger charge is 2.30. The highest BCUT2D eigenvalue weighted by atomic mass is 32.2. The van der Waals surface area contributed by atoms with E-state index in [1.54, 1.807) is 18.5 Å². The molecule has 8 nitrogen and oxygen atoms in total. The topological polar surface area (TPSA) is 91.2 Å². The van der Waals surface area contributed by atoms with Crippen molar-refractivity contribution in [1.29, 1.82) is 0 Å². The summed E-state index contributed by atoms with van der Waals surface area (Å²) >= 11 is 1.39.